The van der Waals surface area contributed by atoms with Crippen LogP contribution in [0.5, 0.6) is 0 Å². The maximum absolute atomic E-state index is 11.1. The van der Waals surface area contributed by atoms with E-state index in [0.29, 0.717) is 0 Å². The van der Waals surface area contributed by atoms with Gasteiger partial charge < -0.3 is 9.47 Å². The van der Waals surface area contributed by atoms with Gasteiger partial charge in [0.25, 0.3) is 0 Å². The van der Waals surface area contributed by atoms with E-state index in [4.69, 9.17) is 4.74 Å². The van der Waals surface area contributed by atoms with Crippen molar-refractivity contribution in [3.8, 4) is 0 Å². The van der Waals surface area contributed by atoms with Crippen molar-refractivity contribution in [2.24, 2.45) is 0 Å². The Morgan fingerprint density at radius 2 is 1.75 bits per heavy atom. The number of nitrogens with one attached hydrogen (secondary N) is 1. The Balaban J connectivity index is 2.28. The first-order valence-electron chi connectivity index (χ1n) is 4.87. The van der Waals surface area contributed by atoms with E-state index in [1.165, 1.54) is 0 Å². The van der Waals surface area contributed by atoms with Gasteiger partial charge in [-0.2, -0.15) is 0 Å². The smallest absolute Gasteiger partial charge is 0.416 e. The molecule has 0 atom stereocenters. The van der Waals surface area contributed by atoms with E-state index in [1.807, 2.05) is 35.6 Å². The van der Waals surface area contributed by atoms with Gasteiger partial charge in [0.1, 0.15) is 6.61 Å². The van der Waals surface area contributed by atoms with Crippen LogP contribution in [0, 0.1) is 0 Å². The average molecular weight is 223 g/mol. The van der Waals surface area contributed by atoms with Crippen LogP contribution in [0.25, 0.3) is 0 Å². The van der Waals surface area contributed by atoms with E-state index >= 15 is 0 Å². The van der Waals surface area contributed by atoms with E-state index in [1.54, 1.807) is 6.92 Å². The molecule has 1 aromatic rings. The first-order valence-corrected chi connectivity index (χ1v) is 4.87. The minimum atomic E-state index is -0.817. The molecule has 0 bridgehead atoms. The number of rotatable bonds is 3. The Hall–Kier alpha value is -2.04. The molecular formula is C11H13NO4. The van der Waals surface area contributed by atoms with Gasteiger partial charge in [-0.15, -0.1) is 0 Å². The topological polar surface area (TPSA) is 64.6 Å². The molecule has 16 heavy (non-hydrogen) atoms. The Morgan fingerprint density at radius 1 is 1.12 bits per heavy atom. The molecule has 0 spiro atoms. The molecule has 0 radical (unpaired) electrons. The largest absolute Gasteiger partial charge is 0.449 e. The molecule has 0 aliphatic heterocycles. The molecule has 0 unspecified atom stereocenters. The minimum Gasteiger partial charge on any atom is -0.449 e. The SMILES string of the molecule is CCOC(=O)NC(=O)OCc1ccccc1. The van der Waals surface area contributed by atoms with E-state index < -0.39 is 12.2 Å². The van der Waals surface area contributed by atoms with Gasteiger partial charge >= 0.3 is 12.2 Å². The van der Waals surface area contributed by atoms with Gasteiger partial charge in [0.15, 0.2) is 0 Å². The zero-order chi connectivity index (χ0) is 11.8. The highest BCUT2D eigenvalue weighted by Gasteiger charge is 2.08. The minimum absolute atomic E-state index is 0.117. The number of amides is 2. The number of carbonyl (C=O) groups is 2. The van der Waals surface area contributed by atoms with E-state index in [9.17, 15) is 9.59 Å². The normalized spacial score (nSPS) is 9.31. The van der Waals surface area contributed by atoms with Crippen molar-refractivity contribution in [3.63, 3.8) is 0 Å². The van der Waals surface area contributed by atoms with Gasteiger partial charge in [-0.3, -0.25) is 0 Å². The lowest BCUT2D eigenvalue weighted by atomic mass is 10.2. The van der Waals surface area contributed by atoms with Crippen LogP contribution in [0.2, 0.25) is 0 Å². The van der Waals surface area contributed by atoms with Crippen LogP contribution in [0.4, 0.5) is 9.59 Å². The molecule has 5 nitrogen and oxygen atoms in total. The summed E-state index contributed by atoms with van der Waals surface area (Å²) >= 11 is 0. The molecule has 0 aromatic heterocycles. The molecule has 1 N–H and O–H groups in total. The standard InChI is InChI=1S/C11H13NO4/c1-2-15-10(13)12-11(14)16-8-9-6-4-3-5-7-9/h3-7H,2,8H2,1H3,(H,12,13,14). The molecule has 0 saturated heterocycles. The molecule has 1 rings (SSSR count). The third-order valence-electron chi connectivity index (χ3n) is 1.69. The number of alkyl carbamates (subject to hydrolysis) is 2. The Labute approximate surface area is 93.4 Å². The van der Waals surface area contributed by atoms with E-state index in [0.717, 1.165) is 5.56 Å². The second-order valence-electron chi connectivity index (χ2n) is 2.91. The zero-order valence-electron chi connectivity index (χ0n) is 8.93. The molecule has 0 heterocycles. The first kappa shape index (κ1) is 12.0. The predicted octanol–water partition coefficient (Wildman–Crippen LogP) is 2.07. The maximum atomic E-state index is 11.1. The Morgan fingerprint density at radius 3 is 2.38 bits per heavy atom. The summed E-state index contributed by atoms with van der Waals surface area (Å²) in [7, 11) is 0. The second-order valence-corrected chi connectivity index (χ2v) is 2.91. The molecule has 5 heteroatoms. The van der Waals surface area contributed by atoms with Crippen molar-refractivity contribution in [2.75, 3.05) is 6.61 Å². The average Bonchev–Trinajstić information content (AvgIpc) is 2.28. The molecule has 1 aromatic carbocycles. The molecule has 86 valence electrons. The van der Waals surface area contributed by atoms with Crippen LogP contribution < -0.4 is 5.32 Å². The summed E-state index contributed by atoms with van der Waals surface area (Å²) in [6.07, 6.45) is -1.62. The van der Waals surface area contributed by atoms with Crippen molar-refractivity contribution in [2.45, 2.75) is 13.5 Å². The molecule has 0 aliphatic carbocycles. The molecular weight excluding hydrogens is 210 g/mol. The quantitative estimate of drug-likeness (QED) is 0.851. The third-order valence-corrected chi connectivity index (χ3v) is 1.69. The van der Waals surface area contributed by atoms with E-state index in [-0.39, 0.29) is 13.2 Å². The lowest BCUT2D eigenvalue weighted by molar-refractivity contribution is 0.123. The predicted molar refractivity (Wildman–Crippen MR) is 56.8 cm³/mol. The Bertz CT molecular complexity index is 350. The van der Waals surface area contributed by atoms with E-state index in [2.05, 4.69) is 4.74 Å². The van der Waals surface area contributed by atoms with Gasteiger partial charge in [-0.25, -0.2) is 14.9 Å². The zero-order valence-corrected chi connectivity index (χ0v) is 8.93. The highest BCUT2D eigenvalue weighted by atomic mass is 16.6. The summed E-state index contributed by atoms with van der Waals surface area (Å²) in [4.78, 5) is 21.9. The number of hydrogen-bond donors (Lipinski definition) is 1. The second kappa shape index (κ2) is 6.44. The number of imide groups is 1. The molecule has 0 fully saturated rings. The number of ether oxygens (including phenoxy) is 2. The highest BCUT2D eigenvalue weighted by Crippen LogP contribution is 2.00. The summed E-state index contributed by atoms with van der Waals surface area (Å²) in [5.41, 5.74) is 0.849. The molecule has 0 aliphatic rings. The van der Waals surface area contributed by atoms with Gasteiger partial charge in [0.05, 0.1) is 6.61 Å². The molecule has 0 saturated carbocycles. The van der Waals surface area contributed by atoms with Crippen molar-refractivity contribution < 1.29 is 19.1 Å². The van der Waals surface area contributed by atoms with Crippen molar-refractivity contribution in [3.05, 3.63) is 35.9 Å². The summed E-state index contributed by atoms with van der Waals surface area (Å²) in [5.74, 6) is 0. The van der Waals surface area contributed by atoms with Gasteiger partial charge in [0, 0.05) is 0 Å². The summed E-state index contributed by atoms with van der Waals surface area (Å²) in [6, 6.07) is 9.17. The van der Waals surface area contributed by atoms with Crippen molar-refractivity contribution in [1.82, 2.24) is 5.32 Å². The fraction of sp³-hybridized carbons (Fsp3) is 0.273. The van der Waals surface area contributed by atoms with Crippen LogP contribution in [0.1, 0.15) is 12.5 Å². The Kier molecular flexibility index (Phi) is 4.85. The third kappa shape index (κ3) is 4.45. The van der Waals surface area contributed by atoms with Crippen LogP contribution in [-0.2, 0) is 16.1 Å². The number of benzene rings is 1. The first-order chi connectivity index (χ1) is 7.72. The maximum Gasteiger partial charge on any atom is 0.416 e. The number of carbonyl (C=O) groups excluding carboxylic acids is 2. The van der Waals surface area contributed by atoms with Crippen LogP contribution in [0.15, 0.2) is 30.3 Å². The lowest BCUT2D eigenvalue weighted by Crippen LogP contribution is -2.31. The molecule has 2 amide bonds. The van der Waals surface area contributed by atoms with Gasteiger partial charge in [0.2, 0.25) is 0 Å². The van der Waals surface area contributed by atoms with Crippen LogP contribution >= 0.6 is 0 Å². The van der Waals surface area contributed by atoms with Gasteiger partial charge in [-0.1, -0.05) is 30.3 Å². The fourth-order valence-electron chi connectivity index (χ4n) is 1.01. The summed E-state index contributed by atoms with van der Waals surface area (Å²) in [5, 5.41) is 1.93. The monoisotopic (exact) mass is 223 g/mol. The van der Waals surface area contributed by atoms with Crippen LogP contribution in [0.3, 0.4) is 0 Å². The van der Waals surface area contributed by atoms with Crippen LogP contribution in [-0.4, -0.2) is 18.8 Å². The summed E-state index contributed by atoms with van der Waals surface area (Å²) < 4.78 is 9.31. The van der Waals surface area contributed by atoms with Crippen molar-refractivity contribution in [1.29, 1.82) is 0 Å². The number of hydrogen-bond acceptors (Lipinski definition) is 4. The highest BCUT2D eigenvalue weighted by molar-refractivity contribution is 5.87. The fourth-order valence-corrected chi connectivity index (χ4v) is 1.01. The lowest BCUT2D eigenvalue weighted by Gasteiger charge is -2.05. The summed E-state index contributed by atoms with van der Waals surface area (Å²) in [6.45, 7) is 1.97. The van der Waals surface area contributed by atoms with Gasteiger partial charge in [-0.05, 0) is 12.5 Å². The van der Waals surface area contributed by atoms with Crippen molar-refractivity contribution >= 4 is 12.2 Å².